The number of hydrogen-bond donors (Lipinski definition) is 2. The Bertz CT molecular complexity index is 836. The van der Waals surface area contributed by atoms with Crippen LogP contribution in [0.15, 0.2) is 39.9 Å². The molecule has 0 spiro atoms. The highest BCUT2D eigenvalue weighted by Crippen LogP contribution is 2.35. The summed E-state index contributed by atoms with van der Waals surface area (Å²) >= 11 is 1.60. The first-order valence-corrected chi connectivity index (χ1v) is 8.58. The van der Waals surface area contributed by atoms with Crippen molar-refractivity contribution in [2.75, 3.05) is 18.8 Å². The Morgan fingerprint density at radius 1 is 1.21 bits per heavy atom. The average Bonchev–Trinajstić information content (AvgIpc) is 2.79. The minimum atomic E-state index is -0.709. The summed E-state index contributed by atoms with van der Waals surface area (Å²) in [6.07, 6.45) is 0.602. The molecule has 0 radical (unpaired) electrons. The fourth-order valence-electron chi connectivity index (χ4n) is 2.71. The number of aromatic nitrogens is 2. The molecule has 0 aliphatic carbocycles. The Morgan fingerprint density at radius 2 is 2.00 bits per heavy atom. The molecule has 0 saturated carbocycles. The molecule has 24 heavy (non-hydrogen) atoms. The van der Waals surface area contributed by atoms with Crippen LogP contribution >= 0.6 is 11.8 Å². The molecule has 126 valence electrons. The Labute approximate surface area is 141 Å². The minimum Gasteiger partial charge on any atom is -0.336 e. The molecule has 3 rings (SSSR count). The van der Waals surface area contributed by atoms with Crippen LogP contribution < -0.4 is 11.2 Å². The van der Waals surface area contributed by atoms with Crippen LogP contribution in [0.3, 0.4) is 0 Å². The van der Waals surface area contributed by atoms with Gasteiger partial charge in [-0.05, 0) is 12.5 Å². The number of amides is 1. The normalized spacial score (nSPS) is 18.2. The Balaban J connectivity index is 1.76. The van der Waals surface area contributed by atoms with E-state index in [4.69, 9.17) is 0 Å². The van der Waals surface area contributed by atoms with E-state index in [0.717, 1.165) is 6.07 Å². The third-order valence-electron chi connectivity index (χ3n) is 3.87. The molecular weight excluding hydrogens is 333 g/mol. The van der Waals surface area contributed by atoms with E-state index in [0.29, 0.717) is 30.8 Å². The van der Waals surface area contributed by atoms with Gasteiger partial charge in [-0.3, -0.25) is 14.6 Å². The average molecular weight is 349 g/mol. The lowest BCUT2D eigenvalue weighted by Crippen LogP contribution is -2.36. The second kappa shape index (κ2) is 7.04. The summed E-state index contributed by atoms with van der Waals surface area (Å²) in [7, 11) is 0. The topological polar surface area (TPSA) is 86.0 Å². The molecule has 1 fully saturated rings. The standard InChI is InChI=1S/C16H16FN3O3S/c17-11-4-2-1-3-10(11)13-5-6-20(7-8-24-13)15(22)12-9-14(21)19-16(23)18-12/h1-4,9,13H,5-8H2,(H2,18,19,21,23)/t13-/m1/s1. The SMILES string of the molecule is O=C(c1cc(=O)[nH]c(=O)[nH]1)N1CCS[C@@H](c2ccccc2F)CC1. The molecule has 8 heteroatoms. The zero-order valence-corrected chi connectivity index (χ0v) is 13.6. The van der Waals surface area contributed by atoms with Gasteiger partial charge in [0.05, 0.1) is 0 Å². The number of nitrogens with zero attached hydrogens (tertiary/aromatic N) is 1. The molecule has 2 heterocycles. The molecule has 1 amide bonds. The molecule has 0 unspecified atom stereocenters. The van der Waals surface area contributed by atoms with Crippen LogP contribution in [0.1, 0.15) is 27.7 Å². The summed E-state index contributed by atoms with van der Waals surface area (Å²) in [5.74, 6) is 0.0136. The first kappa shape index (κ1) is 16.5. The van der Waals surface area contributed by atoms with Crippen molar-refractivity contribution in [3.05, 3.63) is 68.2 Å². The van der Waals surface area contributed by atoms with Gasteiger partial charge in [-0.1, -0.05) is 18.2 Å². The lowest BCUT2D eigenvalue weighted by molar-refractivity contribution is 0.0760. The highest BCUT2D eigenvalue weighted by Gasteiger charge is 2.25. The van der Waals surface area contributed by atoms with Crippen LogP contribution in [-0.2, 0) is 0 Å². The lowest BCUT2D eigenvalue weighted by Gasteiger charge is -2.20. The lowest BCUT2D eigenvalue weighted by atomic mass is 10.1. The van der Waals surface area contributed by atoms with Crippen LogP contribution in [-0.4, -0.2) is 39.6 Å². The van der Waals surface area contributed by atoms with Crippen LogP contribution in [0.4, 0.5) is 4.39 Å². The number of carbonyl (C=O) groups is 1. The molecule has 2 N–H and O–H groups in total. The van der Waals surface area contributed by atoms with Gasteiger partial charge < -0.3 is 9.88 Å². The van der Waals surface area contributed by atoms with E-state index in [-0.39, 0.29) is 16.8 Å². The number of benzene rings is 1. The zero-order chi connectivity index (χ0) is 17.1. The molecule has 1 aromatic heterocycles. The predicted molar refractivity (Wildman–Crippen MR) is 89.8 cm³/mol. The Morgan fingerprint density at radius 3 is 2.75 bits per heavy atom. The molecule has 2 aromatic rings. The Kier molecular flexibility index (Phi) is 4.84. The van der Waals surface area contributed by atoms with E-state index in [1.54, 1.807) is 34.9 Å². The monoisotopic (exact) mass is 349 g/mol. The minimum absolute atomic E-state index is 0.0257. The first-order chi connectivity index (χ1) is 11.5. The summed E-state index contributed by atoms with van der Waals surface area (Å²) in [4.78, 5) is 41.1. The number of halogens is 1. The summed E-state index contributed by atoms with van der Waals surface area (Å²) < 4.78 is 13.9. The van der Waals surface area contributed by atoms with E-state index in [2.05, 4.69) is 4.98 Å². The van der Waals surface area contributed by atoms with Gasteiger partial charge >= 0.3 is 5.69 Å². The van der Waals surface area contributed by atoms with Crippen molar-refractivity contribution in [1.82, 2.24) is 14.9 Å². The second-order valence-corrected chi connectivity index (χ2v) is 6.77. The van der Waals surface area contributed by atoms with Gasteiger partial charge in [0.2, 0.25) is 0 Å². The van der Waals surface area contributed by atoms with E-state index < -0.39 is 17.2 Å². The van der Waals surface area contributed by atoms with E-state index in [9.17, 15) is 18.8 Å². The Hall–Kier alpha value is -2.35. The van der Waals surface area contributed by atoms with Crippen molar-refractivity contribution in [3.63, 3.8) is 0 Å². The quantitative estimate of drug-likeness (QED) is 0.861. The molecular formula is C16H16FN3O3S. The second-order valence-electron chi connectivity index (χ2n) is 5.46. The fraction of sp³-hybridized carbons (Fsp3) is 0.312. The van der Waals surface area contributed by atoms with E-state index in [1.807, 2.05) is 4.98 Å². The molecule has 6 nitrogen and oxygen atoms in total. The maximum atomic E-state index is 13.9. The largest absolute Gasteiger partial charge is 0.336 e. The number of hydrogen-bond acceptors (Lipinski definition) is 4. The maximum absolute atomic E-state index is 13.9. The smallest absolute Gasteiger partial charge is 0.326 e. The fourth-order valence-corrected chi connectivity index (χ4v) is 3.97. The summed E-state index contributed by atoms with van der Waals surface area (Å²) in [6, 6.07) is 7.73. The number of aromatic amines is 2. The predicted octanol–water partition coefficient (Wildman–Crippen LogP) is 1.52. The molecule has 1 saturated heterocycles. The molecule has 1 aromatic carbocycles. The van der Waals surface area contributed by atoms with Gasteiger partial charge in [0.1, 0.15) is 11.5 Å². The van der Waals surface area contributed by atoms with Crippen molar-refractivity contribution in [3.8, 4) is 0 Å². The van der Waals surface area contributed by atoms with Gasteiger partial charge in [0, 0.05) is 35.7 Å². The van der Waals surface area contributed by atoms with Crippen LogP contribution in [0.5, 0.6) is 0 Å². The van der Waals surface area contributed by atoms with E-state index in [1.165, 1.54) is 6.07 Å². The molecule has 1 atom stereocenters. The van der Waals surface area contributed by atoms with Crippen LogP contribution in [0, 0.1) is 5.82 Å². The first-order valence-electron chi connectivity index (χ1n) is 7.53. The summed E-state index contributed by atoms with van der Waals surface area (Å²) in [6.45, 7) is 0.906. The van der Waals surface area contributed by atoms with Crippen molar-refractivity contribution in [2.24, 2.45) is 0 Å². The van der Waals surface area contributed by atoms with E-state index >= 15 is 0 Å². The number of H-pyrrole nitrogens is 2. The van der Waals surface area contributed by atoms with Gasteiger partial charge in [-0.2, -0.15) is 11.8 Å². The molecule has 0 bridgehead atoms. The number of carbonyl (C=O) groups excluding carboxylic acids is 1. The van der Waals surface area contributed by atoms with Gasteiger partial charge in [0.25, 0.3) is 11.5 Å². The van der Waals surface area contributed by atoms with Gasteiger partial charge in [-0.15, -0.1) is 0 Å². The van der Waals surface area contributed by atoms with Crippen molar-refractivity contribution in [2.45, 2.75) is 11.7 Å². The van der Waals surface area contributed by atoms with Crippen molar-refractivity contribution >= 4 is 17.7 Å². The number of rotatable bonds is 2. The molecule has 1 aliphatic heterocycles. The zero-order valence-electron chi connectivity index (χ0n) is 12.8. The molecule has 1 aliphatic rings. The highest BCUT2D eigenvalue weighted by atomic mass is 32.2. The third-order valence-corrected chi connectivity index (χ3v) is 5.18. The number of thioether (sulfide) groups is 1. The summed E-state index contributed by atoms with van der Waals surface area (Å²) in [5.41, 5.74) is -0.714. The van der Waals surface area contributed by atoms with Crippen molar-refractivity contribution < 1.29 is 9.18 Å². The van der Waals surface area contributed by atoms with Crippen molar-refractivity contribution in [1.29, 1.82) is 0 Å². The third kappa shape index (κ3) is 3.59. The summed E-state index contributed by atoms with van der Waals surface area (Å²) in [5, 5.41) is -0.0257. The van der Waals surface area contributed by atoms with Crippen LogP contribution in [0.2, 0.25) is 0 Å². The van der Waals surface area contributed by atoms with Gasteiger partial charge in [0.15, 0.2) is 0 Å². The maximum Gasteiger partial charge on any atom is 0.326 e. The number of nitrogens with one attached hydrogen (secondary N) is 2. The highest BCUT2D eigenvalue weighted by molar-refractivity contribution is 7.99. The van der Waals surface area contributed by atoms with Gasteiger partial charge in [-0.25, -0.2) is 9.18 Å². The van der Waals surface area contributed by atoms with Crippen LogP contribution in [0.25, 0.3) is 0 Å².